The number of carbonyl (C=O) groups is 2. The van der Waals surface area contributed by atoms with Crippen molar-refractivity contribution in [2.45, 2.75) is 89.8 Å². The monoisotopic (exact) mass is 307 g/mol. The van der Waals surface area contributed by atoms with E-state index >= 15 is 0 Å². The number of Topliss-reactive ketones (excluding diaryl/α,β-unsaturated/α-hetero) is 1. The minimum atomic E-state index is -0.451. The van der Waals surface area contributed by atoms with Gasteiger partial charge in [0.1, 0.15) is 11.4 Å². The van der Waals surface area contributed by atoms with Gasteiger partial charge in [-0.1, -0.05) is 19.3 Å². The third kappa shape index (κ3) is 3.31. The minimum absolute atomic E-state index is 0.178. The summed E-state index contributed by atoms with van der Waals surface area (Å²) in [7, 11) is 0. The number of rotatable bonds is 3. The zero-order valence-electron chi connectivity index (χ0n) is 14.1. The number of ether oxygens (including phenoxy) is 1. The highest BCUT2D eigenvalue weighted by Gasteiger charge is 2.46. The molecule has 2 heterocycles. The molecule has 22 heavy (non-hydrogen) atoms. The van der Waals surface area contributed by atoms with Gasteiger partial charge in [0.25, 0.3) is 0 Å². The Balaban J connectivity index is 1.58. The second-order valence-electron chi connectivity index (χ2n) is 8.41. The third-order valence-corrected chi connectivity index (χ3v) is 5.51. The number of fused-ring (bicyclic) bond motifs is 2. The fraction of sp³-hybridized carbons (Fsp3) is 0.889. The molecule has 4 heteroatoms. The highest BCUT2D eigenvalue weighted by Crippen LogP contribution is 2.41. The average molecular weight is 307 g/mol. The molecule has 0 spiro atoms. The van der Waals surface area contributed by atoms with Crippen LogP contribution in [0.1, 0.15) is 72.1 Å². The quantitative estimate of drug-likeness (QED) is 0.794. The van der Waals surface area contributed by atoms with E-state index < -0.39 is 5.60 Å². The van der Waals surface area contributed by atoms with Gasteiger partial charge >= 0.3 is 6.09 Å². The van der Waals surface area contributed by atoms with Crippen LogP contribution >= 0.6 is 0 Å². The summed E-state index contributed by atoms with van der Waals surface area (Å²) < 4.78 is 5.55. The van der Waals surface area contributed by atoms with E-state index in [1.165, 1.54) is 19.3 Å². The Morgan fingerprint density at radius 2 is 1.64 bits per heavy atom. The van der Waals surface area contributed by atoms with E-state index in [0.717, 1.165) is 32.1 Å². The first-order chi connectivity index (χ1) is 10.3. The minimum Gasteiger partial charge on any atom is -0.444 e. The normalized spacial score (nSPS) is 31.8. The molecule has 0 aromatic rings. The molecule has 0 radical (unpaired) electrons. The molecule has 2 saturated heterocycles. The zero-order chi connectivity index (χ0) is 15.9. The van der Waals surface area contributed by atoms with Crippen LogP contribution in [0.4, 0.5) is 4.79 Å². The average Bonchev–Trinajstić information content (AvgIpc) is 2.62. The van der Waals surface area contributed by atoms with Crippen LogP contribution in [0.25, 0.3) is 0 Å². The smallest absolute Gasteiger partial charge is 0.410 e. The van der Waals surface area contributed by atoms with Crippen molar-refractivity contribution >= 4 is 11.9 Å². The van der Waals surface area contributed by atoms with E-state index in [9.17, 15) is 9.59 Å². The van der Waals surface area contributed by atoms with Crippen molar-refractivity contribution < 1.29 is 14.3 Å². The SMILES string of the molecule is CC(C)(C)OC(=O)N1C2CCC1CC(C(=O)CC1CCC1)C2. The van der Waals surface area contributed by atoms with E-state index in [-0.39, 0.29) is 24.1 Å². The molecule has 1 amide bonds. The Morgan fingerprint density at radius 3 is 2.09 bits per heavy atom. The van der Waals surface area contributed by atoms with Crippen molar-refractivity contribution in [1.82, 2.24) is 4.90 Å². The van der Waals surface area contributed by atoms with Crippen LogP contribution in [0, 0.1) is 11.8 Å². The number of hydrogen-bond acceptors (Lipinski definition) is 3. The molecule has 2 unspecified atom stereocenters. The second kappa shape index (κ2) is 5.86. The fourth-order valence-electron chi connectivity index (χ4n) is 4.20. The topological polar surface area (TPSA) is 46.6 Å². The first kappa shape index (κ1) is 15.8. The van der Waals surface area contributed by atoms with Crippen molar-refractivity contribution in [2.75, 3.05) is 0 Å². The fourth-order valence-corrected chi connectivity index (χ4v) is 4.20. The van der Waals surface area contributed by atoms with Crippen molar-refractivity contribution in [1.29, 1.82) is 0 Å². The molecule has 0 aromatic heterocycles. The summed E-state index contributed by atoms with van der Waals surface area (Å²) in [6.45, 7) is 5.71. The van der Waals surface area contributed by atoms with Crippen LogP contribution in [0.5, 0.6) is 0 Å². The summed E-state index contributed by atoms with van der Waals surface area (Å²) in [5.74, 6) is 1.27. The van der Waals surface area contributed by atoms with Gasteiger partial charge in [0, 0.05) is 24.4 Å². The highest BCUT2D eigenvalue weighted by atomic mass is 16.6. The molecule has 4 nitrogen and oxygen atoms in total. The largest absolute Gasteiger partial charge is 0.444 e. The van der Waals surface area contributed by atoms with E-state index in [1.54, 1.807) is 0 Å². The van der Waals surface area contributed by atoms with Crippen LogP contribution in [-0.4, -0.2) is 34.5 Å². The zero-order valence-corrected chi connectivity index (χ0v) is 14.1. The molecule has 0 N–H and O–H groups in total. The van der Waals surface area contributed by atoms with Crippen molar-refractivity contribution in [3.63, 3.8) is 0 Å². The predicted octanol–water partition coefficient (Wildman–Crippen LogP) is 3.92. The molecular weight excluding hydrogens is 278 g/mol. The number of ketones is 1. The molecule has 124 valence electrons. The molecule has 3 rings (SSSR count). The van der Waals surface area contributed by atoms with Crippen LogP contribution in [-0.2, 0) is 9.53 Å². The maximum atomic E-state index is 12.5. The maximum Gasteiger partial charge on any atom is 0.410 e. The Kier molecular flexibility index (Phi) is 4.21. The van der Waals surface area contributed by atoms with E-state index in [0.29, 0.717) is 11.7 Å². The molecule has 2 atom stereocenters. The lowest BCUT2D eigenvalue weighted by atomic mass is 9.77. The molecule has 3 aliphatic rings. The maximum absolute atomic E-state index is 12.5. The van der Waals surface area contributed by atoms with E-state index in [4.69, 9.17) is 4.74 Å². The lowest BCUT2D eigenvalue weighted by Gasteiger charge is -2.39. The molecule has 1 aliphatic carbocycles. The van der Waals surface area contributed by atoms with E-state index in [1.807, 2.05) is 25.7 Å². The summed E-state index contributed by atoms with van der Waals surface area (Å²) in [5.41, 5.74) is -0.451. The molecule has 2 aliphatic heterocycles. The van der Waals surface area contributed by atoms with Gasteiger partial charge in [0.05, 0.1) is 0 Å². The van der Waals surface area contributed by atoms with Crippen LogP contribution < -0.4 is 0 Å². The van der Waals surface area contributed by atoms with Crippen molar-refractivity contribution in [3.05, 3.63) is 0 Å². The highest BCUT2D eigenvalue weighted by molar-refractivity contribution is 5.82. The summed E-state index contributed by atoms with van der Waals surface area (Å²) in [5, 5.41) is 0. The van der Waals surface area contributed by atoms with Gasteiger partial charge in [-0.15, -0.1) is 0 Å². The van der Waals surface area contributed by atoms with Gasteiger partial charge in [-0.3, -0.25) is 4.79 Å². The molecule has 3 fully saturated rings. The first-order valence-corrected chi connectivity index (χ1v) is 8.87. The van der Waals surface area contributed by atoms with Crippen molar-refractivity contribution in [2.24, 2.45) is 11.8 Å². The van der Waals surface area contributed by atoms with Crippen molar-refractivity contribution in [3.8, 4) is 0 Å². The molecule has 1 saturated carbocycles. The van der Waals surface area contributed by atoms with Gasteiger partial charge in [-0.2, -0.15) is 0 Å². The summed E-state index contributed by atoms with van der Waals surface area (Å²) in [6.07, 6.45) is 8.09. The van der Waals surface area contributed by atoms with Crippen LogP contribution in [0.3, 0.4) is 0 Å². The standard InChI is InChI=1S/C18H29NO3/c1-18(2,3)22-17(21)19-14-7-8-15(19)11-13(10-14)16(20)9-12-5-4-6-12/h12-15H,4-11H2,1-3H3. The Morgan fingerprint density at radius 1 is 1.05 bits per heavy atom. The van der Waals surface area contributed by atoms with Crippen LogP contribution in [0.15, 0.2) is 0 Å². The van der Waals surface area contributed by atoms with E-state index in [2.05, 4.69) is 0 Å². The lowest BCUT2D eigenvalue weighted by molar-refractivity contribution is -0.126. The van der Waals surface area contributed by atoms with Gasteiger partial charge in [-0.05, 0) is 52.4 Å². The summed E-state index contributed by atoms with van der Waals surface area (Å²) in [4.78, 5) is 26.8. The van der Waals surface area contributed by atoms with Gasteiger partial charge in [-0.25, -0.2) is 4.79 Å². The number of carbonyl (C=O) groups excluding carboxylic acids is 2. The second-order valence-corrected chi connectivity index (χ2v) is 8.41. The third-order valence-electron chi connectivity index (χ3n) is 5.51. The summed E-state index contributed by atoms with van der Waals surface area (Å²) in [6, 6.07) is 0.424. The number of amides is 1. The Labute approximate surface area is 133 Å². The number of hydrogen-bond donors (Lipinski definition) is 0. The number of piperidine rings is 1. The van der Waals surface area contributed by atoms with Gasteiger partial charge in [0.2, 0.25) is 0 Å². The lowest BCUT2D eigenvalue weighted by Crippen LogP contribution is -2.49. The summed E-state index contributed by atoms with van der Waals surface area (Å²) >= 11 is 0. The number of nitrogens with zero attached hydrogens (tertiary/aromatic N) is 1. The molecule has 0 aromatic carbocycles. The van der Waals surface area contributed by atoms with Gasteiger partial charge in [0.15, 0.2) is 0 Å². The first-order valence-electron chi connectivity index (χ1n) is 8.87. The van der Waals surface area contributed by atoms with Crippen LogP contribution in [0.2, 0.25) is 0 Å². The Bertz CT molecular complexity index is 436. The molecular formula is C18H29NO3. The van der Waals surface area contributed by atoms with Gasteiger partial charge < -0.3 is 9.64 Å². The Hall–Kier alpha value is -1.06. The molecule has 2 bridgehead atoms. The predicted molar refractivity (Wildman–Crippen MR) is 84.6 cm³/mol.